The number of benzene rings is 1. The van der Waals surface area contributed by atoms with E-state index in [0.29, 0.717) is 19.7 Å². The number of aliphatic imine (C=N–C) groups is 1. The van der Waals surface area contributed by atoms with E-state index < -0.39 is 0 Å². The molecule has 1 saturated heterocycles. The van der Waals surface area contributed by atoms with Crippen molar-refractivity contribution in [1.82, 2.24) is 20.4 Å². The molecular formula is C23H40IN5O3. The first-order valence-corrected chi connectivity index (χ1v) is 11.4. The van der Waals surface area contributed by atoms with Gasteiger partial charge in [0.25, 0.3) is 0 Å². The molecule has 1 aliphatic rings. The third-order valence-corrected chi connectivity index (χ3v) is 5.04. The van der Waals surface area contributed by atoms with E-state index in [9.17, 15) is 4.79 Å². The zero-order valence-corrected chi connectivity index (χ0v) is 22.1. The van der Waals surface area contributed by atoms with Crippen molar-refractivity contribution in [1.29, 1.82) is 0 Å². The van der Waals surface area contributed by atoms with Gasteiger partial charge in [-0.05, 0) is 37.5 Å². The normalized spacial score (nSPS) is 14.6. The number of guanidine groups is 1. The van der Waals surface area contributed by atoms with Crippen molar-refractivity contribution in [3.8, 4) is 5.75 Å². The van der Waals surface area contributed by atoms with Crippen LogP contribution in [0.15, 0.2) is 29.3 Å². The number of methoxy groups -OCH3 is 1. The number of nitrogens with one attached hydrogen (secondary N) is 2. The highest BCUT2D eigenvalue weighted by Gasteiger charge is 2.21. The third kappa shape index (κ3) is 10.8. The zero-order valence-electron chi connectivity index (χ0n) is 19.8. The minimum Gasteiger partial charge on any atom is -0.494 e. The van der Waals surface area contributed by atoms with Crippen LogP contribution in [0.1, 0.15) is 25.8 Å². The van der Waals surface area contributed by atoms with Crippen molar-refractivity contribution < 1.29 is 14.3 Å². The molecule has 0 bridgehead atoms. The lowest BCUT2D eigenvalue weighted by molar-refractivity contribution is -0.122. The van der Waals surface area contributed by atoms with E-state index in [1.54, 1.807) is 7.11 Å². The van der Waals surface area contributed by atoms with Crippen molar-refractivity contribution in [2.45, 2.75) is 26.7 Å². The summed E-state index contributed by atoms with van der Waals surface area (Å²) in [6.45, 7) is 11.4. The van der Waals surface area contributed by atoms with Gasteiger partial charge in [0.2, 0.25) is 5.91 Å². The number of rotatable bonds is 12. The Morgan fingerprint density at radius 3 is 2.59 bits per heavy atom. The Morgan fingerprint density at radius 2 is 1.91 bits per heavy atom. The van der Waals surface area contributed by atoms with Gasteiger partial charge in [0.1, 0.15) is 5.75 Å². The Bertz CT molecular complexity index is 681. The maximum atomic E-state index is 12.0. The molecule has 0 radical (unpaired) electrons. The highest BCUT2D eigenvalue weighted by molar-refractivity contribution is 14.0. The number of nitrogens with zero attached hydrogens (tertiary/aromatic N) is 3. The number of hydrogen-bond acceptors (Lipinski definition) is 5. The molecule has 0 aliphatic carbocycles. The minimum atomic E-state index is 0. The van der Waals surface area contributed by atoms with Crippen molar-refractivity contribution in [3.63, 3.8) is 0 Å². The largest absolute Gasteiger partial charge is 0.494 e. The molecular weight excluding hydrogens is 521 g/mol. The van der Waals surface area contributed by atoms with Gasteiger partial charge in [-0.3, -0.25) is 14.7 Å². The van der Waals surface area contributed by atoms with Crippen LogP contribution < -0.4 is 15.4 Å². The second-order valence-electron chi connectivity index (χ2n) is 7.59. The summed E-state index contributed by atoms with van der Waals surface area (Å²) in [4.78, 5) is 21.3. The average molecular weight is 562 g/mol. The summed E-state index contributed by atoms with van der Waals surface area (Å²) in [5, 5.41) is 6.29. The second kappa shape index (κ2) is 17.0. The Hall–Kier alpha value is -1.59. The predicted octanol–water partition coefficient (Wildman–Crippen LogP) is 1.98. The molecule has 1 amide bonds. The molecule has 182 valence electrons. The van der Waals surface area contributed by atoms with E-state index in [1.807, 2.05) is 12.1 Å². The maximum Gasteiger partial charge on any atom is 0.234 e. The quantitative estimate of drug-likeness (QED) is 0.176. The maximum absolute atomic E-state index is 12.0. The van der Waals surface area contributed by atoms with Crippen LogP contribution in [0.3, 0.4) is 0 Å². The lowest BCUT2D eigenvalue weighted by atomic mass is 10.1. The highest BCUT2D eigenvalue weighted by Crippen LogP contribution is 2.14. The molecule has 1 heterocycles. The first-order valence-electron chi connectivity index (χ1n) is 11.4. The van der Waals surface area contributed by atoms with Crippen molar-refractivity contribution >= 4 is 35.8 Å². The molecule has 2 rings (SSSR count). The summed E-state index contributed by atoms with van der Waals surface area (Å²) < 4.78 is 10.7. The van der Waals surface area contributed by atoms with E-state index in [2.05, 4.69) is 46.4 Å². The second-order valence-corrected chi connectivity index (χ2v) is 7.59. The Labute approximate surface area is 210 Å². The van der Waals surface area contributed by atoms with Crippen LogP contribution in [0.25, 0.3) is 0 Å². The third-order valence-electron chi connectivity index (χ3n) is 5.04. The fourth-order valence-corrected chi connectivity index (χ4v) is 3.40. The molecule has 8 nitrogen and oxygen atoms in total. The average Bonchev–Trinajstić information content (AvgIpc) is 2.78. The standard InChI is InChI=1S/C23H39N5O3.HI/c1-4-16-31-21-8-6-7-20(18-21)9-10-26-23(24-5-2)28-14-12-27(13-15-28)19-22(29)25-11-17-30-3;/h6-8,18H,4-5,9-17,19H2,1-3H3,(H,24,26)(H,25,29);1H. The number of amides is 1. The molecule has 1 fully saturated rings. The number of halogens is 1. The van der Waals surface area contributed by atoms with Gasteiger partial charge in [-0.25, -0.2) is 0 Å². The van der Waals surface area contributed by atoms with Crippen molar-refractivity contribution in [3.05, 3.63) is 29.8 Å². The van der Waals surface area contributed by atoms with Crippen LogP contribution in [0, 0.1) is 0 Å². The van der Waals surface area contributed by atoms with Gasteiger partial charge in [0, 0.05) is 52.9 Å². The lowest BCUT2D eigenvalue weighted by Crippen LogP contribution is -2.54. The molecule has 0 unspecified atom stereocenters. The Balaban J connectivity index is 0.00000512. The minimum absolute atomic E-state index is 0. The number of carbonyl (C=O) groups is 1. The molecule has 1 aromatic carbocycles. The first kappa shape index (κ1) is 28.4. The molecule has 2 N–H and O–H groups in total. The van der Waals surface area contributed by atoms with Gasteiger partial charge in [-0.2, -0.15) is 0 Å². The number of carbonyl (C=O) groups excluding carboxylic acids is 1. The fourth-order valence-electron chi connectivity index (χ4n) is 3.40. The summed E-state index contributed by atoms with van der Waals surface area (Å²) in [6, 6.07) is 8.27. The highest BCUT2D eigenvalue weighted by atomic mass is 127. The summed E-state index contributed by atoms with van der Waals surface area (Å²) in [6.07, 6.45) is 1.88. The van der Waals surface area contributed by atoms with Gasteiger partial charge in [-0.1, -0.05) is 19.1 Å². The number of hydrogen-bond donors (Lipinski definition) is 2. The number of ether oxygens (including phenoxy) is 2. The molecule has 9 heteroatoms. The Morgan fingerprint density at radius 1 is 1.12 bits per heavy atom. The molecule has 0 atom stereocenters. The molecule has 0 spiro atoms. The topological polar surface area (TPSA) is 78.4 Å². The van der Waals surface area contributed by atoms with Crippen LogP contribution in [-0.4, -0.2) is 94.3 Å². The fraction of sp³-hybridized carbons (Fsp3) is 0.652. The van der Waals surface area contributed by atoms with Crippen LogP contribution in [-0.2, 0) is 16.0 Å². The summed E-state index contributed by atoms with van der Waals surface area (Å²) in [5.41, 5.74) is 1.23. The van der Waals surface area contributed by atoms with E-state index in [4.69, 9.17) is 14.5 Å². The Kier molecular flexibility index (Phi) is 15.1. The lowest BCUT2D eigenvalue weighted by Gasteiger charge is -2.36. The molecule has 1 aromatic rings. The van der Waals surface area contributed by atoms with E-state index in [1.165, 1.54) is 5.56 Å². The summed E-state index contributed by atoms with van der Waals surface area (Å²) in [7, 11) is 1.63. The van der Waals surface area contributed by atoms with Gasteiger partial charge < -0.3 is 25.0 Å². The predicted molar refractivity (Wildman–Crippen MR) is 140 cm³/mol. The van der Waals surface area contributed by atoms with Crippen LogP contribution in [0.2, 0.25) is 0 Å². The van der Waals surface area contributed by atoms with Gasteiger partial charge in [0.05, 0.1) is 19.8 Å². The van der Waals surface area contributed by atoms with Gasteiger partial charge in [0.15, 0.2) is 5.96 Å². The van der Waals surface area contributed by atoms with Gasteiger partial charge in [-0.15, -0.1) is 24.0 Å². The monoisotopic (exact) mass is 561 g/mol. The first-order chi connectivity index (χ1) is 15.2. The number of piperazine rings is 1. The van der Waals surface area contributed by atoms with Gasteiger partial charge >= 0.3 is 0 Å². The molecule has 0 saturated carbocycles. The molecule has 32 heavy (non-hydrogen) atoms. The smallest absolute Gasteiger partial charge is 0.234 e. The zero-order chi connectivity index (χ0) is 22.3. The SMILES string of the molecule is CCCOc1cccc(CCN=C(NCC)N2CCN(CC(=O)NCCOC)CC2)c1.I. The van der Waals surface area contributed by atoms with Crippen molar-refractivity contribution in [2.75, 3.05) is 72.7 Å². The van der Waals surface area contributed by atoms with Crippen LogP contribution >= 0.6 is 24.0 Å². The van der Waals surface area contributed by atoms with E-state index >= 15 is 0 Å². The van der Waals surface area contributed by atoms with Crippen LogP contribution in [0.4, 0.5) is 0 Å². The van der Waals surface area contributed by atoms with E-state index in [-0.39, 0.29) is 29.9 Å². The summed E-state index contributed by atoms with van der Waals surface area (Å²) in [5.74, 6) is 1.93. The van der Waals surface area contributed by atoms with E-state index in [0.717, 1.165) is 70.4 Å². The molecule has 1 aliphatic heterocycles. The van der Waals surface area contributed by atoms with Crippen LogP contribution in [0.5, 0.6) is 5.75 Å². The summed E-state index contributed by atoms with van der Waals surface area (Å²) >= 11 is 0. The van der Waals surface area contributed by atoms with Crippen molar-refractivity contribution in [2.24, 2.45) is 4.99 Å². The molecule has 0 aromatic heterocycles.